The fourth-order valence-electron chi connectivity index (χ4n) is 2.33. The number of nitro benzene ring substituents is 1. The Morgan fingerprint density at radius 3 is 2.89 bits per heavy atom. The number of hydrogen-bond acceptors (Lipinski definition) is 7. The van der Waals surface area contributed by atoms with Crippen molar-refractivity contribution in [3.05, 3.63) is 58.3 Å². The van der Waals surface area contributed by atoms with Crippen LogP contribution in [0.25, 0.3) is 17.7 Å². The molecule has 2 aromatic heterocycles. The minimum atomic E-state index is -0.505. The van der Waals surface area contributed by atoms with Gasteiger partial charge in [0.1, 0.15) is 5.69 Å². The molecule has 2 heterocycles. The summed E-state index contributed by atoms with van der Waals surface area (Å²) in [6.07, 6.45) is 4.30. The van der Waals surface area contributed by atoms with Crippen LogP contribution in [0.3, 0.4) is 0 Å². The number of carbonyl (C=O) groups is 1. The molecule has 1 N–H and O–H groups in total. The van der Waals surface area contributed by atoms with Gasteiger partial charge in [0, 0.05) is 30.4 Å². The Morgan fingerprint density at radius 1 is 1.33 bits per heavy atom. The molecular formula is C17H16N6O4. The van der Waals surface area contributed by atoms with E-state index in [1.54, 1.807) is 23.0 Å². The summed E-state index contributed by atoms with van der Waals surface area (Å²) in [5, 5.41) is 25.1. The van der Waals surface area contributed by atoms with Crippen molar-refractivity contribution in [1.29, 1.82) is 0 Å². The Balaban J connectivity index is 1.68. The Morgan fingerprint density at radius 2 is 2.15 bits per heavy atom. The highest BCUT2D eigenvalue weighted by atomic mass is 16.6. The van der Waals surface area contributed by atoms with Gasteiger partial charge in [0.05, 0.1) is 4.92 Å². The number of hydrogen-bond donors (Lipinski definition) is 1. The highest BCUT2D eigenvalue weighted by Gasteiger charge is 2.15. The van der Waals surface area contributed by atoms with Gasteiger partial charge in [0.2, 0.25) is 0 Å². The van der Waals surface area contributed by atoms with E-state index in [1.807, 2.05) is 13.8 Å². The zero-order chi connectivity index (χ0) is 19.4. The smallest absolute Gasteiger partial charge is 0.322 e. The maximum atomic E-state index is 12.0. The molecule has 0 saturated carbocycles. The van der Waals surface area contributed by atoms with Crippen molar-refractivity contribution in [2.75, 3.05) is 5.32 Å². The molecule has 10 nitrogen and oxygen atoms in total. The molecule has 0 spiro atoms. The van der Waals surface area contributed by atoms with Crippen LogP contribution in [-0.2, 0) is 4.79 Å². The van der Waals surface area contributed by atoms with Crippen LogP contribution in [0.15, 0.2) is 47.0 Å². The van der Waals surface area contributed by atoms with Crippen LogP contribution in [0.5, 0.6) is 0 Å². The number of nitro groups is 1. The van der Waals surface area contributed by atoms with Crippen molar-refractivity contribution < 1.29 is 14.1 Å². The Labute approximate surface area is 153 Å². The van der Waals surface area contributed by atoms with E-state index in [0.717, 1.165) is 0 Å². The van der Waals surface area contributed by atoms with Gasteiger partial charge in [-0.2, -0.15) is 5.10 Å². The highest BCUT2D eigenvalue weighted by Crippen LogP contribution is 2.22. The van der Waals surface area contributed by atoms with Crippen LogP contribution in [0.2, 0.25) is 0 Å². The van der Waals surface area contributed by atoms with E-state index >= 15 is 0 Å². The normalized spacial score (nSPS) is 11.2. The van der Waals surface area contributed by atoms with Gasteiger partial charge in [-0.3, -0.25) is 24.9 Å². The number of amides is 1. The molecule has 0 aliphatic heterocycles. The molecule has 10 heteroatoms. The lowest BCUT2D eigenvalue weighted by atomic mass is 10.2. The number of anilines is 1. The molecule has 27 heavy (non-hydrogen) atoms. The van der Waals surface area contributed by atoms with E-state index in [9.17, 15) is 14.9 Å². The quantitative estimate of drug-likeness (QED) is 0.402. The topological polar surface area (TPSA) is 129 Å². The maximum Gasteiger partial charge on any atom is 0.322 e. The van der Waals surface area contributed by atoms with Crippen molar-refractivity contribution >= 4 is 23.7 Å². The summed E-state index contributed by atoms with van der Waals surface area (Å²) in [7, 11) is 0. The third kappa shape index (κ3) is 4.24. The van der Waals surface area contributed by atoms with Crippen LogP contribution in [0, 0.1) is 10.1 Å². The first-order valence-electron chi connectivity index (χ1n) is 8.05. The van der Waals surface area contributed by atoms with E-state index in [1.165, 1.54) is 30.4 Å². The second kappa shape index (κ2) is 7.60. The molecule has 0 unspecified atom stereocenters. The van der Waals surface area contributed by atoms with Gasteiger partial charge in [0.15, 0.2) is 0 Å². The Bertz CT molecular complexity index is 1000. The molecule has 3 aromatic rings. The number of rotatable bonds is 6. The summed E-state index contributed by atoms with van der Waals surface area (Å²) < 4.78 is 7.18. The highest BCUT2D eigenvalue weighted by molar-refractivity contribution is 6.00. The molecule has 0 saturated heterocycles. The van der Waals surface area contributed by atoms with Gasteiger partial charge >= 0.3 is 6.01 Å². The summed E-state index contributed by atoms with van der Waals surface area (Å²) in [5.41, 5.74) is 1.11. The molecule has 0 bridgehead atoms. The van der Waals surface area contributed by atoms with Crippen LogP contribution in [0.1, 0.15) is 25.5 Å². The molecule has 0 aliphatic rings. The van der Waals surface area contributed by atoms with Crippen molar-refractivity contribution in [3.8, 4) is 11.6 Å². The lowest BCUT2D eigenvalue weighted by Crippen LogP contribution is -2.07. The second-order valence-corrected chi connectivity index (χ2v) is 5.84. The fourth-order valence-corrected chi connectivity index (χ4v) is 2.33. The predicted octanol–water partition coefficient (Wildman–Crippen LogP) is 3.07. The lowest BCUT2D eigenvalue weighted by molar-refractivity contribution is -0.384. The van der Waals surface area contributed by atoms with Gasteiger partial charge in [-0.1, -0.05) is 17.2 Å². The van der Waals surface area contributed by atoms with Crippen LogP contribution >= 0.6 is 0 Å². The standard InChI is InChI=1S/C17H16N6O4/c1-11(2)22-14(8-9-18-22)16-20-21-17(27-16)19-15(24)7-6-12-4-3-5-13(10-12)23(25)26/h3-11H,1-2H3,(H,19,21,24)/b7-6+. The number of carbonyl (C=O) groups excluding carboxylic acids is 1. The largest absolute Gasteiger partial charge is 0.401 e. The van der Waals surface area contributed by atoms with Crippen molar-refractivity contribution in [2.24, 2.45) is 0 Å². The van der Waals surface area contributed by atoms with Crippen molar-refractivity contribution in [3.63, 3.8) is 0 Å². The zero-order valence-corrected chi connectivity index (χ0v) is 14.6. The summed E-state index contributed by atoms with van der Waals surface area (Å²) in [4.78, 5) is 22.3. The maximum absolute atomic E-state index is 12.0. The first-order chi connectivity index (χ1) is 12.9. The minimum absolute atomic E-state index is 0.0548. The molecule has 3 rings (SSSR count). The second-order valence-electron chi connectivity index (χ2n) is 5.84. The number of non-ortho nitro benzene ring substituents is 1. The van der Waals surface area contributed by atoms with Gasteiger partial charge < -0.3 is 4.42 Å². The third-order valence-electron chi connectivity index (χ3n) is 3.54. The first-order valence-corrected chi connectivity index (χ1v) is 8.05. The predicted molar refractivity (Wildman–Crippen MR) is 96.7 cm³/mol. The van der Waals surface area contributed by atoms with Crippen molar-refractivity contribution in [2.45, 2.75) is 19.9 Å². The molecule has 0 aliphatic carbocycles. The van der Waals surface area contributed by atoms with Gasteiger partial charge in [0.25, 0.3) is 17.5 Å². The molecular weight excluding hydrogens is 352 g/mol. The van der Waals surface area contributed by atoms with Crippen LogP contribution in [0.4, 0.5) is 11.7 Å². The summed E-state index contributed by atoms with van der Waals surface area (Å²) in [5.74, 6) is -0.270. The molecule has 0 radical (unpaired) electrons. The summed E-state index contributed by atoms with van der Waals surface area (Å²) in [6, 6.07) is 7.71. The summed E-state index contributed by atoms with van der Waals surface area (Å²) >= 11 is 0. The Kier molecular flexibility index (Phi) is 5.06. The average Bonchev–Trinajstić information content (AvgIpc) is 3.29. The number of nitrogens with one attached hydrogen (secondary N) is 1. The first kappa shape index (κ1) is 18.0. The molecule has 1 aromatic carbocycles. The third-order valence-corrected chi connectivity index (χ3v) is 3.54. The zero-order valence-electron chi connectivity index (χ0n) is 14.6. The van der Waals surface area contributed by atoms with Crippen LogP contribution in [-0.4, -0.2) is 30.8 Å². The fraction of sp³-hybridized carbons (Fsp3) is 0.176. The molecule has 1 amide bonds. The van der Waals surface area contributed by atoms with E-state index in [-0.39, 0.29) is 23.6 Å². The Hall–Kier alpha value is -3.82. The van der Waals surface area contributed by atoms with Crippen molar-refractivity contribution in [1.82, 2.24) is 20.0 Å². The van der Waals surface area contributed by atoms with E-state index in [0.29, 0.717) is 11.3 Å². The monoisotopic (exact) mass is 368 g/mol. The van der Waals surface area contributed by atoms with Gasteiger partial charge in [-0.05, 0) is 31.6 Å². The van der Waals surface area contributed by atoms with Crippen LogP contribution < -0.4 is 5.32 Å². The van der Waals surface area contributed by atoms with E-state index < -0.39 is 10.8 Å². The van der Waals surface area contributed by atoms with E-state index in [4.69, 9.17) is 4.42 Å². The van der Waals surface area contributed by atoms with E-state index in [2.05, 4.69) is 20.6 Å². The number of aromatic nitrogens is 4. The molecule has 0 atom stereocenters. The molecule has 138 valence electrons. The van der Waals surface area contributed by atoms with Gasteiger partial charge in [-0.15, -0.1) is 5.10 Å². The minimum Gasteiger partial charge on any atom is -0.401 e. The number of benzene rings is 1. The lowest BCUT2D eigenvalue weighted by Gasteiger charge is -2.07. The van der Waals surface area contributed by atoms with Gasteiger partial charge in [-0.25, -0.2) is 0 Å². The average molecular weight is 368 g/mol. The SMILES string of the molecule is CC(C)n1nccc1-c1nnc(NC(=O)/C=C/c2cccc([N+](=O)[O-])c2)o1. The molecule has 0 fully saturated rings. The summed E-state index contributed by atoms with van der Waals surface area (Å²) in [6.45, 7) is 3.93. The number of nitrogens with zero attached hydrogens (tertiary/aromatic N) is 5.